The number of halogens is 1. The van der Waals surface area contributed by atoms with Crippen LogP contribution in [-0.4, -0.2) is 43.0 Å². The summed E-state index contributed by atoms with van der Waals surface area (Å²) in [5, 5.41) is 3.55. The summed E-state index contributed by atoms with van der Waals surface area (Å²) in [5.41, 5.74) is 0. The van der Waals surface area contributed by atoms with Gasteiger partial charge in [0.05, 0.1) is 0 Å². The van der Waals surface area contributed by atoms with Crippen LogP contribution in [0.15, 0.2) is 24.3 Å². The lowest BCUT2D eigenvalue weighted by atomic mass is 9.96. The molecule has 1 aromatic rings. The first-order chi connectivity index (χ1) is 11.1. The largest absolute Gasteiger partial charge is 0.484 e. The Morgan fingerprint density at radius 1 is 1.26 bits per heavy atom. The van der Waals surface area contributed by atoms with Gasteiger partial charge >= 0.3 is 0 Å². The van der Waals surface area contributed by atoms with Gasteiger partial charge in [-0.15, -0.1) is 0 Å². The van der Waals surface area contributed by atoms with E-state index in [2.05, 4.69) is 5.32 Å². The molecule has 1 aromatic carbocycles. The molecule has 5 nitrogen and oxygen atoms in total. The summed E-state index contributed by atoms with van der Waals surface area (Å²) in [7, 11) is 0. The highest BCUT2D eigenvalue weighted by Crippen LogP contribution is 2.19. The van der Waals surface area contributed by atoms with Crippen molar-refractivity contribution in [3.8, 4) is 5.75 Å². The Kier molecular flexibility index (Phi) is 6.71. The molecule has 1 fully saturated rings. The molecule has 0 saturated carbocycles. The standard InChI is InChI=1S/C17H23ClN2O3/c1-2-9-19-17(22)13-7-10-20(11-8-13)16(21)12-23-15-5-3-14(18)4-6-15/h3-6,13H,2,7-12H2,1H3,(H,19,22). The zero-order chi connectivity index (χ0) is 16.7. The third-order valence-electron chi connectivity index (χ3n) is 3.94. The molecule has 2 amide bonds. The van der Waals surface area contributed by atoms with Crippen LogP contribution in [0.25, 0.3) is 0 Å². The predicted molar refractivity (Wildman–Crippen MR) is 89.6 cm³/mol. The molecule has 1 heterocycles. The van der Waals surface area contributed by atoms with Gasteiger partial charge in [-0.3, -0.25) is 9.59 Å². The number of hydrogen-bond acceptors (Lipinski definition) is 3. The summed E-state index contributed by atoms with van der Waals surface area (Å²) in [6.07, 6.45) is 2.36. The van der Waals surface area contributed by atoms with Crippen molar-refractivity contribution < 1.29 is 14.3 Å². The van der Waals surface area contributed by atoms with E-state index in [0.29, 0.717) is 43.2 Å². The molecule has 1 saturated heterocycles. The molecule has 1 N–H and O–H groups in total. The molecule has 2 rings (SSSR count). The summed E-state index contributed by atoms with van der Waals surface area (Å²) in [6, 6.07) is 6.92. The van der Waals surface area contributed by atoms with Gasteiger partial charge in [-0.25, -0.2) is 0 Å². The number of nitrogens with zero attached hydrogens (tertiary/aromatic N) is 1. The zero-order valence-electron chi connectivity index (χ0n) is 13.4. The summed E-state index contributed by atoms with van der Waals surface area (Å²) >= 11 is 5.80. The molecule has 0 unspecified atom stereocenters. The minimum Gasteiger partial charge on any atom is -0.484 e. The van der Waals surface area contributed by atoms with E-state index in [1.807, 2.05) is 6.92 Å². The Balaban J connectivity index is 1.73. The highest BCUT2D eigenvalue weighted by atomic mass is 35.5. The lowest BCUT2D eigenvalue weighted by Gasteiger charge is -2.31. The van der Waals surface area contributed by atoms with Gasteiger partial charge in [0.1, 0.15) is 5.75 Å². The fourth-order valence-electron chi connectivity index (χ4n) is 2.55. The van der Waals surface area contributed by atoms with Gasteiger partial charge in [0.2, 0.25) is 5.91 Å². The Labute approximate surface area is 141 Å². The number of carbonyl (C=O) groups is 2. The van der Waals surface area contributed by atoms with E-state index in [4.69, 9.17) is 16.3 Å². The first-order valence-corrected chi connectivity index (χ1v) is 8.41. The van der Waals surface area contributed by atoms with Crippen molar-refractivity contribution in [3.05, 3.63) is 29.3 Å². The van der Waals surface area contributed by atoms with E-state index in [1.165, 1.54) is 0 Å². The second-order valence-corrected chi connectivity index (χ2v) is 6.13. The van der Waals surface area contributed by atoms with Crippen LogP contribution in [0.3, 0.4) is 0 Å². The van der Waals surface area contributed by atoms with Crippen LogP contribution in [0.1, 0.15) is 26.2 Å². The maximum atomic E-state index is 12.2. The van der Waals surface area contributed by atoms with Gasteiger partial charge in [-0.05, 0) is 43.5 Å². The average molecular weight is 339 g/mol. The second kappa shape index (κ2) is 8.77. The molecule has 0 aromatic heterocycles. The van der Waals surface area contributed by atoms with Crippen molar-refractivity contribution in [2.75, 3.05) is 26.2 Å². The minimum absolute atomic E-state index is 0.00826. The number of nitrogens with one attached hydrogen (secondary N) is 1. The number of piperidine rings is 1. The summed E-state index contributed by atoms with van der Waals surface area (Å²) in [4.78, 5) is 25.8. The topological polar surface area (TPSA) is 58.6 Å². The molecule has 0 spiro atoms. The molecule has 1 aliphatic rings. The quantitative estimate of drug-likeness (QED) is 0.867. The smallest absolute Gasteiger partial charge is 0.260 e. The highest BCUT2D eigenvalue weighted by Gasteiger charge is 2.27. The Morgan fingerprint density at radius 3 is 2.52 bits per heavy atom. The van der Waals surface area contributed by atoms with E-state index < -0.39 is 0 Å². The predicted octanol–water partition coefficient (Wildman–Crippen LogP) is 2.48. The number of carbonyl (C=O) groups excluding carboxylic acids is 2. The van der Waals surface area contributed by atoms with Crippen molar-refractivity contribution in [1.29, 1.82) is 0 Å². The van der Waals surface area contributed by atoms with E-state index in [1.54, 1.807) is 29.2 Å². The van der Waals surface area contributed by atoms with Gasteiger partial charge in [0.25, 0.3) is 5.91 Å². The van der Waals surface area contributed by atoms with E-state index in [0.717, 1.165) is 6.42 Å². The van der Waals surface area contributed by atoms with Crippen molar-refractivity contribution >= 4 is 23.4 Å². The molecule has 1 aliphatic heterocycles. The van der Waals surface area contributed by atoms with Crippen molar-refractivity contribution in [3.63, 3.8) is 0 Å². The molecule has 126 valence electrons. The summed E-state index contributed by atoms with van der Waals surface area (Å²) in [5.74, 6) is 0.697. The van der Waals surface area contributed by atoms with Gasteiger partial charge in [-0.1, -0.05) is 18.5 Å². The minimum atomic E-state index is -0.0487. The number of hydrogen-bond donors (Lipinski definition) is 1. The lowest BCUT2D eigenvalue weighted by Crippen LogP contribution is -2.44. The molecule has 0 atom stereocenters. The number of likely N-dealkylation sites (tertiary alicyclic amines) is 1. The molecule has 23 heavy (non-hydrogen) atoms. The SMILES string of the molecule is CCCNC(=O)C1CCN(C(=O)COc2ccc(Cl)cc2)CC1. The van der Waals surface area contributed by atoms with Crippen molar-refractivity contribution in [2.24, 2.45) is 5.92 Å². The van der Waals surface area contributed by atoms with Crippen LogP contribution in [0, 0.1) is 5.92 Å². The average Bonchev–Trinajstić information content (AvgIpc) is 2.59. The van der Waals surface area contributed by atoms with Crippen LogP contribution in [0.5, 0.6) is 5.75 Å². The third-order valence-corrected chi connectivity index (χ3v) is 4.20. The Hall–Kier alpha value is -1.75. The van der Waals surface area contributed by atoms with Crippen LogP contribution in [-0.2, 0) is 9.59 Å². The molecule has 0 bridgehead atoms. The first kappa shape index (κ1) is 17.6. The fourth-order valence-corrected chi connectivity index (χ4v) is 2.68. The van der Waals surface area contributed by atoms with Crippen molar-refractivity contribution in [2.45, 2.75) is 26.2 Å². The lowest BCUT2D eigenvalue weighted by molar-refractivity contribution is -0.137. The second-order valence-electron chi connectivity index (χ2n) is 5.69. The van der Waals surface area contributed by atoms with Crippen LogP contribution in [0.2, 0.25) is 5.02 Å². The Bertz CT molecular complexity index is 525. The van der Waals surface area contributed by atoms with Gasteiger partial charge < -0.3 is 15.0 Å². The Morgan fingerprint density at radius 2 is 1.91 bits per heavy atom. The maximum Gasteiger partial charge on any atom is 0.260 e. The van der Waals surface area contributed by atoms with Crippen LogP contribution < -0.4 is 10.1 Å². The molecule has 0 radical (unpaired) electrons. The van der Waals surface area contributed by atoms with Gasteiger partial charge in [-0.2, -0.15) is 0 Å². The van der Waals surface area contributed by atoms with E-state index in [-0.39, 0.29) is 24.3 Å². The molecule has 0 aliphatic carbocycles. The van der Waals surface area contributed by atoms with Crippen LogP contribution >= 0.6 is 11.6 Å². The van der Waals surface area contributed by atoms with Gasteiger partial charge in [0.15, 0.2) is 6.61 Å². The number of amides is 2. The van der Waals surface area contributed by atoms with Crippen molar-refractivity contribution in [1.82, 2.24) is 10.2 Å². The van der Waals surface area contributed by atoms with Gasteiger partial charge in [0, 0.05) is 30.6 Å². The molecular weight excluding hydrogens is 316 g/mol. The molecule has 6 heteroatoms. The highest BCUT2D eigenvalue weighted by molar-refractivity contribution is 6.30. The first-order valence-electron chi connectivity index (χ1n) is 8.04. The van der Waals surface area contributed by atoms with E-state index in [9.17, 15) is 9.59 Å². The summed E-state index contributed by atoms with van der Waals surface area (Å²) in [6.45, 7) is 3.96. The van der Waals surface area contributed by atoms with E-state index >= 15 is 0 Å². The third kappa shape index (κ3) is 5.43. The number of benzene rings is 1. The normalized spacial score (nSPS) is 15.3. The fraction of sp³-hybridized carbons (Fsp3) is 0.529. The number of ether oxygens (including phenoxy) is 1. The summed E-state index contributed by atoms with van der Waals surface area (Å²) < 4.78 is 5.47. The maximum absolute atomic E-state index is 12.2. The molecular formula is C17H23ClN2O3. The van der Waals surface area contributed by atoms with Crippen LogP contribution in [0.4, 0.5) is 0 Å². The zero-order valence-corrected chi connectivity index (χ0v) is 14.1. The monoisotopic (exact) mass is 338 g/mol. The number of rotatable bonds is 6.